The van der Waals surface area contributed by atoms with Gasteiger partial charge >= 0.3 is 12.3 Å². The number of hydrogen-bond donors (Lipinski definition) is 1. The quantitative estimate of drug-likeness (QED) is 0.931. The number of hydrogen-bond acceptors (Lipinski definition) is 3. The third-order valence-corrected chi connectivity index (χ3v) is 2.33. The average molecular weight is 315 g/mol. The Balaban J connectivity index is 3.23. The minimum absolute atomic E-state index is 0.131. The molecule has 1 aromatic carbocycles. The molecule has 0 aromatic heterocycles. The number of carboxylic acids is 1. The summed E-state index contributed by atoms with van der Waals surface area (Å²) in [6, 6.07) is 1.82. The predicted octanol–water partition coefficient (Wildman–Crippen LogP) is 3.05. The molecule has 4 nitrogen and oxygen atoms in total. The Hall–Kier alpha value is -1.44. The molecule has 0 unspecified atom stereocenters. The maximum Gasteiger partial charge on any atom is 0.573 e. The van der Waals surface area contributed by atoms with Crippen LogP contribution in [-0.2, 0) is 0 Å². The lowest BCUT2D eigenvalue weighted by Crippen LogP contribution is -2.17. The maximum atomic E-state index is 12.0. The summed E-state index contributed by atoms with van der Waals surface area (Å²) in [6.45, 7) is 0. The topological polar surface area (TPSA) is 55.8 Å². The number of aromatic carboxylic acids is 1. The molecule has 0 heterocycles. The highest BCUT2D eigenvalue weighted by Crippen LogP contribution is 2.36. The standard InChI is InChI=1S/C9H6BrF3O4/c1-16-6-3-7(17-9(11,12)13)5(10)2-4(6)8(14)15/h2-3H,1H3,(H,14,15). The van der Waals surface area contributed by atoms with Gasteiger partial charge in [0.25, 0.3) is 0 Å². The van der Waals surface area contributed by atoms with Crippen molar-refractivity contribution in [3.8, 4) is 11.5 Å². The first kappa shape index (κ1) is 13.6. The van der Waals surface area contributed by atoms with Gasteiger partial charge in [-0.25, -0.2) is 4.79 Å². The van der Waals surface area contributed by atoms with Crippen LogP contribution in [0.2, 0.25) is 0 Å². The molecule has 0 aliphatic rings. The van der Waals surface area contributed by atoms with E-state index >= 15 is 0 Å². The third kappa shape index (κ3) is 3.52. The monoisotopic (exact) mass is 314 g/mol. The second-order valence-corrected chi connectivity index (χ2v) is 3.69. The lowest BCUT2D eigenvalue weighted by molar-refractivity contribution is -0.274. The van der Waals surface area contributed by atoms with Crippen molar-refractivity contribution in [3.63, 3.8) is 0 Å². The molecule has 0 amide bonds. The van der Waals surface area contributed by atoms with Crippen LogP contribution >= 0.6 is 15.9 Å². The molecule has 0 spiro atoms. The average Bonchev–Trinajstić information content (AvgIpc) is 2.18. The second-order valence-electron chi connectivity index (χ2n) is 2.84. The number of methoxy groups -OCH3 is 1. The molecule has 17 heavy (non-hydrogen) atoms. The van der Waals surface area contributed by atoms with Gasteiger partial charge in [-0.05, 0) is 22.0 Å². The van der Waals surface area contributed by atoms with Gasteiger partial charge in [-0.2, -0.15) is 0 Å². The molecule has 0 bridgehead atoms. The van der Waals surface area contributed by atoms with Gasteiger partial charge in [0.1, 0.15) is 17.1 Å². The molecule has 0 aliphatic carbocycles. The summed E-state index contributed by atoms with van der Waals surface area (Å²) in [5, 5.41) is 8.78. The molecular formula is C9H6BrF3O4. The predicted molar refractivity (Wildman–Crippen MR) is 54.3 cm³/mol. The van der Waals surface area contributed by atoms with Crippen molar-refractivity contribution in [3.05, 3.63) is 22.2 Å². The van der Waals surface area contributed by atoms with E-state index in [0.717, 1.165) is 19.2 Å². The lowest BCUT2D eigenvalue weighted by atomic mass is 10.2. The Morgan fingerprint density at radius 2 is 1.94 bits per heavy atom. The fraction of sp³-hybridized carbons (Fsp3) is 0.222. The van der Waals surface area contributed by atoms with E-state index in [0.29, 0.717) is 0 Å². The summed E-state index contributed by atoms with van der Waals surface area (Å²) in [6.07, 6.45) is -4.86. The lowest BCUT2D eigenvalue weighted by Gasteiger charge is -2.13. The molecule has 0 radical (unpaired) electrons. The summed E-state index contributed by atoms with van der Waals surface area (Å²) < 4.78 is 44.3. The van der Waals surface area contributed by atoms with Crippen LogP contribution in [0, 0.1) is 0 Å². The van der Waals surface area contributed by atoms with Crippen molar-refractivity contribution >= 4 is 21.9 Å². The Kier molecular flexibility index (Phi) is 3.87. The summed E-state index contributed by atoms with van der Waals surface area (Å²) in [7, 11) is 1.15. The van der Waals surface area contributed by atoms with Crippen molar-refractivity contribution in [2.45, 2.75) is 6.36 Å². The van der Waals surface area contributed by atoms with Crippen LogP contribution in [0.15, 0.2) is 16.6 Å². The second kappa shape index (κ2) is 4.82. The smallest absolute Gasteiger partial charge is 0.496 e. The van der Waals surface area contributed by atoms with Crippen molar-refractivity contribution in [2.24, 2.45) is 0 Å². The largest absolute Gasteiger partial charge is 0.573 e. The Bertz CT molecular complexity index is 445. The highest BCUT2D eigenvalue weighted by Gasteiger charge is 2.32. The number of alkyl halides is 3. The summed E-state index contributed by atoms with van der Waals surface area (Å²) in [5.41, 5.74) is -0.270. The molecule has 0 saturated carbocycles. The number of rotatable bonds is 3. The molecule has 0 atom stereocenters. The first-order chi connectivity index (χ1) is 7.74. The van der Waals surface area contributed by atoms with Crippen LogP contribution in [-0.4, -0.2) is 24.5 Å². The van der Waals surface area contributed by atoms with E-state index in [1.54, 1.807) is 0 Å². The molecule has 1 N–H and O–H groups in total. The van der Waals surface area contributed by atoms with Crippen molar-refractivity contribution in [1.82, 2.24) is 0 Å². The molecular weight excluding hydrogens is 309 g/mol. The molecule has 0 fully saturated rings. The Labute approximate surface area is 102 Å². The van der Waals surface area contributed by atoms with Crippen LogP contribution in [0.3, 0.4) is 0 Å². The van der Waals surface area contributed by atoms with Crippen molar-refractivity contribution in [2.75, 3.05) is 7.11 Å². The highest BCUT2D eigenvalue weighted by atomic mass is 79.9. The zero-order chi connectivity index (χ0) is 13.2. The zero-order valence-electron chi connectivity index (χ0n) is 8.34. The third-order valence-electron chi connectivity index (χ3n) is 1.71. The van der Waals surface area contributed by atoms with E-state index in [1.807, 2.05) is 0 Å². The maximum absolute atomic E-state index is 12.0. The van der Waals surface area contributed by atoms with E-state index in [4.69, 9.17) is 5.11 Å². The minimum atomic E-state index is -4.86. The van der Waals surface area contributed by atoms with Gasteiger partial charge in [0, 0.05) is 6.07 Å². The Morgan fingerprint density at radius 1 is 1.35 bits per heavy atom. The molecule has 8 heteroatoms. The first-order valence-corrected chi connectivity index (χ1v) is 4.90. The zero-order valence-corrected chi connectivity index (χ0v) is 9.92. The van der Waals surface area contributed by atoms with Crippen LogP contribution in [0.1, 0.15) is 10.4 Å². The van der Waals surface area contributed by atoms with E-state index in [1.165, 1.54) is 0 Å². The summed E-state index contributed by atoms with van der Waals surface area (Å²) in [4.78, 5) is 10.8. The van der Waals surface area contributed by atoms with Gasteiger partial charge < -0.3 is 14.6 Å². The van der Waals surface area contributed by atoms with E-state index in [2.05, 4.69) is 25.4 Å². The van der Waals surface area contributed by atoms with Crippen LogP contribution < -0.4 is 9.47 Å². The van der Waals surface area contributed by atoms with Crippen LogP contribution in [0.25, 0.3) is 0 Å². The van der Waals surface area contributed by atoms with E-state index in [-0.39, 0.29) is 15.8 Å². The number of carbonyl (C=O) groups is 1. The van der Waals surface area contributed by atoms with Gasteiger partial charge in [0.2, 0.25) is 0 Å². The first-order valence-electron chi connectivity index (χ1n) is 4.11. The van der Waals surface area contributed by atoms with Crippen LogP contribution in [0.4, 0.5) is 13.2 Å². The minimum Gasteiger partial charge on any atom is -0.496 e. The van der Waals surface area contributed by atoms with Gasteiger partial charge in [-0.1, -0.05) is 0 Å². The molecule has 0 saturated heterocycles. The number of benzene rings is 1. The van der Waals surface area contributed by atoms with Crippen molar-refractivity contribution in [1.29, 1.82) is 0 Å². The number of carboxylic acid groups (broad SMARTS) is 1. The fourth-order valence-corrected chi connectivity index (χ4v) is 1.50. The normalized spacial score (nSPS) is 11.1. The summed E-state index contributed by atoms with van der Waals surface area (Å²) >= 11 is 2.79. The van der Waals surface area contributed by atoms with E-state index in [9.17, 15) is 18.0 Å². The molecule has 1 aromatic rings. The van der Waals surface area contributed by atoms with Crippen LogP contribution in [0.5, 0.6) is 11.5 Å². The van der Waals surface area contributed by atoms with Gasteiger partial charge in [-0.3, -0.25) is 0 Å². The molecule has 1 rings (SSSR count). The summed E-state index contributed by atoms with van der Waals surface area (Å²) in [5.74, 6) is -2.11. The highest BCUT2D eigenvalue weighted by molar-refractivity contribution is 9.10. The fourth-order valence-electron chi connectivity index (χ4n) is 1.07. The van der Waals surface area contributed by atoms with Gasteiger partial charge in [-0.15, -0.1) is 13.2 Å². The number of halogens is 4. The number of ether oxygens (including phenoxy) is 2. The van der Waals surface area contributed by atoms with Crippen molar-refractivity contribution < 1.29 is 32.5 Å². The SMILES string of the molecule is COc1cc(OC(F)(F)F)c(Br)cc1C(=O)O. The Morgan fingerprint density at radius 3 is 2.35 bits per heavy atom. The van der Waals surface area contributed by atoms with E-state index < -0.39 is 18.1 Å². The van der Waals surface area contributed by atoms with Gasteiger partial charge in [0.05, 0.1) is 11.6 Å². The van der Waals surface area contributed by atoms with Gasteiger partial charge in [0.15, 0.2) is 0 Å². The molecule has 94 valence electrons. The molecule has 0 aliphatic heterocycles.